The number of nitrogens with zero attached hydrogens (tertiary/aromatic N) is 2. The standard InChI is InChI=1S/C21H23ClFN3O4.C2HF3O2/c1-30-20-17-13(19(27)14(21(28)29)10-26(17)12-4-5-12)7-16(23)18(20)25-6-2-3-11(9-25)15(22)8-24;3-2(4,5)1(6)7/h7,10,12H,2-6,8-9,24H2,1H3,(H,28,29);(H,6,7)/b15-11+;. The third kappa shape index (κ3) is 5.99. The number of anilines is 1. The number of pyridine rings is 1. The molecule has 2 aliphatic rings. The summed E-state index contributed by atoms with van der Waals surface area (Å²) in [6, 6.07) is 1.19. The largest absolute Gasteiger partial charge is 0.492 e. The number of rotatable bonds is 5. The van der Waals surface area contributed by atoms with Crippen molar-refractivity contribution in [2.24, 2.45) is 5.73 Å². The van der Waals surface area contributed by atoms with Gasteiger partial charge in [0, 0.05) is 36.9 Å². The minimum Gasteiger partial charge on any atom is -0.492 e. The molecule has 1 aliphatic heterocycles. The summed E-state index contributed by atoms with van der Waals surface area (Å²) in [5, 5.41) is 17.1. The molecule has 0 amide bonds. The van der Waals surface area contributed by atoms with Gasteiger partial charge in [-0.3, -0.25) is 4.79 Å². The molecule has 0 radical (unpaired) electrons. The average molecular weight is 550 g/mol. The second-order valence-corrected chi connectivity index (χ2v) is 8.95. The Labute approximate surface area is 212 Å². The number of aliphatic carboxylic acids is 1. The number of ether oxygens (including phenoxy) is 1. The monoisotopic (exact) mass is 549 g/mol. The molecule has 2 heterocycles. The second kappa shape index (κ2) is 11.0. The molecular weight excluding hydrogens is 526 g/mol. The van der Waals surface area contributed by atoms with Gasteiger partial charge >= 0.3 is 18.1 Å². The van der Waals surface area contributed by atoms with E-state index < -0.39 is 29.4 Å². The van der Waals surface area contributed by atoms with Crippen molar-refractivity contribution in [2.75, 3.05) is 31.6 Å². The van der Waals surface area contributed by atoms with Crippen LogP contribution in [0.5, 0.6) is 5.75 Å². The zero-order valence-corrected chi connectivity index (χ0v) is 20.3. The third-order valence-corrected chi connectivity index (χ3v) is 6.40. The molecule has 0 spiro atoms. The number of methoxy groups -OCH3 is 1. The van der Waals surface area contributed by atoms with Crippen molar-refractivity contribution < 1.29 is 42.1 Å². The molecule has 9 nitrogen and oxygen atoms in total. The molecule has 1 aromatic carbocycles. The topological polar surface area (TPSA) is 135 Å². The van der Waals surface area contributed by atoms with E-state index in [2.05, 4.69) is 0 Å². The Morgan fingerprint density at radius 2 is 1.89 bits per heavy atom. The van der Waals surface area contributed by atoms with Crippen LogP contribution in [-0.2, 0) is 4.79 Å². The van der Waals surface area contributed by atoms with Crippen LogP contribution in [0.1, 0.15) is 42.1 Å². The van der Waals surface area contributed by atoms with Crippen molar-refractivity contribution >= 4 is 40.1 Å². The van der Waals surface area contributed by atoms with Crippen molar-refractivity contribution in [3.05, 3.63) is 44.5 Å². The van der Waals surface area contributed by atoms with Gasteiger partial charge in [0.2, 0.25) is 5.43 Å². The van der Waals surface area contributed by atoms with Crippen molar-refractivity contribution in [2.45, 2.75) is 37.9 Å². The summed E-state index contributed by atoms with van der Waals surface area (Å²) in [6.07, 6.45) is -0.453. The molecule has 2 aromatic rings. The van der Waals surface area contributed by atoms with E-state index in [0.717, 1.165) is 37.3 Å². The number of carboxylic acid groups (broad SMARTS) is 2. The fourth-order valence-electron chi connectivity index (χ4n) is 4.15. The predicted molar refractivity (Wildman–Crippen MR) is 127 cm³/mol. The van der Waals surface area contributed by atoms with E-state index in [1.165, 1.54) is 13.3 Å². The molecular formula is C23H24ClF4N3O6. The summed E-state index contributed by atoms with van der Waals surface area (Å²) in [5.74, 6) is -4.49. The van der Waals surface area contributed by atoms with Crippen molar-refractivity contribution in [1.82, 2.24) is 4.57 Å². The van der Waals surface area contributed by atoms with Crippen LogP contribution < -0.4 is 20.8 Å². The van der Waals surface area contributed by atoms with E-state index in [9.17, 15) is 27.9 Å². The molecule has 4 N–H and O–H groups in total. The van der Waals surface area contributed by atoms with Crippen LogP contribution in [0.4, 0.5) is 23.2 Å². The van der Waals surface area contributed by atoms with Gasteiger partial charge in [0.15, 0.2) is 11.6 Å². The number of carboxylic acids is 2. The highest BCUT2D eigenvalue weighted by Crippen LogP contribution is 2.44. The first kappa shape index (κ1) is 28.3. The molecule has 37 heavy (non-hydrogen) atoms. The lowest BCUT2D eigenvalue weighted by Crippen LogP contribution is -2.33. The maximum absolute atomic E-state index is 15.3. The summed E-state index contributed by atoms with van der Waals surface area (Å²) in [5.41, 5.74) is 6.20. The van der Waals surface area contributed by atoms with E-state index in [1.54, 1.807) is 4.57 Å². The lowest BCUT2D eigenvalue weighted by molar-refractivity contribution is -0.192. The molecule has 1 saturated carbocycles. The van der Waals surface area contributed by atoms with Crippen LogP contribution in [0, 0.1) is 5.82 Å². The Morgan fingerprint density at radius 1 is 1.27 bits per heavy atom. The van der Waals surface area contributed by atoms with Gasteiger partial charge in [0.1, 0.15) is 11.3 Å². The molecule has 14 heteroatoms. The Bertz CT molecular complexity index is 1320. The van der Waals surface area contributed by atoms with E-state index in [-0.39, 0.29) is 35.0 Å². The highest BCUT2D eigenvalue weighted by molar-refractivity contribution is 6.30. The molecule has 202 valence electrons. The number of aromatic nitrogens is 1. The molecule has 0 atom stereocenters. The fourth-order valence-corrected chi connectivity index (χ4v) is 4.31. The predicted octanol–water partition coefficient (Wildman–Crippen LogP) is 3.87. The molecule has 2 fully saturated rings. The van der Waals surface area contributed by atoms with E-state index in [4.69, 9.17) is 32.0 Å². The van der Waals surface area contributed by atoms with Crippen molar-refractivity contribution in [1.29, 1.82) is 0 Å². The first-order valence-corrected chi connectivity index (χ1v) is 11.5. The minimum atomic E-state index is -5.08. The van der Waals surface area contributed by atoms with Crippen LogP contribution in [0.15, 0.2) is 27.7 Å². The van der Waals surface area contributed by atoms with Gasteiger partial charge in [-0.25, -0.2) is 14.0 Å². The molecule has 1 saturated heterocycles. The van der Waals surface area contributed by atoms with Gasteiger partial charge < -0.3 is 30.2 Å². The first-order valence-electron chi connectivity index (χ1n) is 11.1. The zero-order valence-electron chi connectivity index (χ0n) is 19.6. The normalized spacial score (nSPS) is 17.2. The second-order valence-electron chi connectivity index (χ2n) is 8.49. The number of halogens is 5. The van der Waals surface area contributed by atoms with Gasteiger partial charge in [-0.05, 0) is 37.3 Å². The Morgan fingerprint density at radius 3 is 2.38 bits per heavy atom. The highest BCUT2D eigenvalue weighted by Gasteiger charge is 2.38. The molecule has 0 bridgehead atoms. The highest BCUT2D eigenvalue weighted by atomic mass is 35.5. The van der Waals surface area contributed by atoms with E-state index in [1.807, 2.05) is 4.90 Å². The summed E-state index contributed by atoms with van der Waals surface area (Å²) in [6.45, 7) is 1.23. The number of alkyl halides is 3. The van der Waals surface area contributed by atoms with Gasteiger partial charge in [-0.2, -0.15) is 13.2 Å². The zero-order chi connectivity index (χ0) is 27.7. The summed E-state index contributed by atoms with van der Waals surface area (Å²) in [4.78, 5) is 35.1. The van der Waals surface area contributed by atoms with E-state index >= 15 is 4.39 Å². The lowest BCUT2D eigenvalue weighted by atomic mass is 10.0. The quantitative estimate of drug-likeness (QED) is 0.478. The summed E-state index contributed by atoms with van der Waals surface area (Å²) >= 11 is 6.25. The van der Waals surface area contributed by atoms with Gasteiger partial charge in [-0.1, -0.05) is 11.6 Å². The number of piperidine rings is 1. The number of hydrogen-bond donors (Lipinski definition) is 3. The third-order valence-electron chi connectivity index (χ3n) is 5.98. The number of nitrogens with two attached hydrogens (primary N) is 1. The average Bonchev–Trinajstić information content (AvgIpc) is 3.68. The molecule has 1 aromatic heterocycles. The van der Waals surface area contributed by atoms with E-state index in [0.29, 0.717) is 23.6 Å². The Balaban J connectivity index is 0.000000479. The van der Waals surface area contributed by atoms with Crippen molar-refractivity contribution in [3.8, 4) is 5.75 Å². The first-order chi connectivity index (χ1) is 17.3. The lowest BCUT2D eigenvalue weighted by Gasteiger charge is -2.33. The number of benzene rings is 1. The van der Waals surface area contributed by atoms with Crippen LogP contribution in [0.3, 0.4) is 0 Å². The van der Waals surface area contributed by atoms with Gasteiger partial charge in [-0.15, -0.1) is 0 Å². The Hall–Kier alpha value is -3.32. The number of hydrogen-bond acceptors (Lipinski definition) is 6. The van der Waals surface area contributed by atoms with Crippen LogP contribution >= 0.6 is 11.6 Å². The van der Waals surface area contributed by atoms with Gasteiger partial charge in [0.25, 0.3) is 0 Å². The number of fused-ring (bicyclic) bond motifs is 1. The van der Waals surface area contributed by atoms with Gasteiger partial charge in [0.05, 0.1) is 18.0 Å². The molecule has 1 aliphatic carbocycles. The van der Waals surface area contributed by atoms with Crippen LogP contribution in [0.2, 0.25) is 0 Å². The number of carbonyl (C=O) groups is 2. The smallest absolute Gasteiger partial charge is 0.490 e. The van der Waals surface area contributed by atoms with Crippen LogP contribution in [0.25, 0.3) is 10.9 Å². The van der Waals surface area contributed by atoms with Crippen molar-refractivity contribution in [3.63, 3.8) is 0 Å². The van der Waals surface area contributed by atoms with Crippen LogP contribution in [-0.4, -0.2) is 59.6 Å². The fraction of sp³-hybridized carbons (Fsp3) is 0.435. The maximum atomic E-state index is 15.3. The summed E-state index contributed by atoms with van der Waals surface area (Å²) < 4.78 is 54.4. The SMILES string of the molecule is COc1c(N2CCC/C(=C(\Cl)CN)C2)c(F)cc2c(=O)c(C(=O)O)cn(C3CC3)c12.O=C(O)C(F)(F)F. The molecule has 4 rings (SSSR count). The molecule has 0 unspecified atom stereocenters. The Kier molecular flexibility index (Phi) is 8.38. The minimum absolute atomic E-state index is 0.00710. The maximum Gasteiger partial charge on any atom is 0.490 e. The number of aromatic carboxylic acids is 1. The summed E-state index contributed by atoms with van der Waals surface area (Å²) in [7, 11) is 1.43.